The molecule has 2 bridgehead atoms. The van der Waals surface area contributed by atoms with Crippen molar-refractivity contribution in [1.29, 1.82) is 0 Å². The Morgan fingerprint density at radius 3 is 2.19 bits per heavy atom. The highest BCUT2D eigenvalue weighted by Crippen LogP contribution is 2.54. The van der Waals surface area contributed by atoms with Crippen molar-refractivity contribution in [3.05, 3.63) is 95.7 Å². The van der Waals surface area contributed by atoms with Crippen LogP contribution in [0, 0.1) is 23.2 Å². The first-order chi connectivity index (χ1) is 27.7. The summed E-state index contributed by atoms with van der Waals surface area (Å²) in [7, 11) is 0. The van der Waals surface area contributed by atoms with Crippen LogP contribution in [-0.2, 0) is 15.5 Å². The first-order valence-electron chi connectivity index (χ1n) is 20.8. The van der Waals surface area contributed by atoms with Gasteiger partial charge in [-0.3, -0.25) is 9.59 Å². The Bertz CT molecular complexity index is 2520. The van der Waals surface area contributed by atoms with Crippen LogP contribution in [-0.4, -0.2) is 66.2 Å². The number of hydrogen-bond acceptors (Lipinski definition) is 6. The van der Waals surface area contributed by atoms with Crippen molar-refractivity contribution in [1.82, 2.24) is 29.7 Å². The van der Waals surface area contributed by atoms with E-state index < -0.39 is 24.0 Å². The van der Waals surface area contributed by atoms with Gasteiger partial charge in [-0.05, 0) is 96.4 Å². The Morgan fingerprint density at radius 2 is 1.48 bits per heavy atom. The molecule has 3 aromatic carbocycles. The van der Waals surface area contributed by atoms with E-state index in [4.69, 9.17) is 16.5 Å². The summed E-state index contributed by atoms with van der Waals surface area (Å²) in [5, 5.41) is 0. The number of H-pyrrole nitrogens is 2. The number of carbonyl (C=O) groups is 2. The molecule has 10 rings (SSSR count). The van der Waals surface area contributed by atoms with Gasteiger partial charge in [0.2, 0.25) is 11.8 Å². The smallest absolute Gasteiger partial charge is 0.299 e. The van der Waals surface area contributed by atoms with Gasteiger partial charge in [0.15, 0.2) is 0 Å². The number of halogens is 2. The maximum atomic E-state index is 16.5. The van der Waals surface area contributed by atoms with Gasteiger partial charge in [-0.25, -0.2) is 9.97 Å². The van der Waals surface area contributed by atoms with E-state index in [0.29, 0.717) is 46.2 Å². The standard InChI is InChI=1S/C46H50F2N8O2/c1-23(2)38(49)43(57)55-22-45(15-16-45)14-13-37(55)41-51-21-36(54-41)27-7-11-31-30-10-6-25(18-32(30)46(47,48)33(31)19-27)26-8-12-34-35(20-26)53-42(52-34)40-28-5-9-29(17-28)56(40)44(58)39(50)24(3)4/h6-8,10-14,18-21,23-24,28-29,37-40H,5,9,15-17,22,49-50H2,1-4H3,(H,51,54)(H,52,53)/t28-,29+,37-,38-,39-,40-/m0/s1. The summed E-state index contributed by atoms with van der Waals surface area (Å²) in [6.07, 6.45) is 10.9. The number of imidazole rings is 2. The number of aromatic nitrogens is 4. The normalized spacial score (nSPS) is 24.6. The summed E-state index contributed by atoms with van der Waals surface area (Å²) in [5.41, 5.74) is 17.8. The maximum Gasteiger partial charge on any atom is 0.299 e. The van der Waals surface area contributed by atoms with Crippen molar-refractivity contribution in [2.45, 2.75) is 95.9 Å². The van der Waals surface area contributed by atoms with Crippen LogP contribution in [0.4, 0.5) is 8.78 Å². The molecule has 4 heterocycles. The van der Waals surface area contributed by atoms with Crippen molar-refractivity contribution < 1.29 is 18.4 Å². The summed E-state index contributed by atoms with van der Waals surface area (Å²) in [6.45, 7) is 8.41. The number of nitrogens with one attached hydrogen (secondary N) is 2. The molecule has 300 valence electrons. The lowest BCUT2D eigenvalue weighted by Gasteiger charge is -2.37. The molecule has 2 aromatic heterocycles. The monoisotopic (exact) mass is 784 g/mol. The lowest BCUT2D eigenvalue weighted by atomic mass is 9.95. The zero-order valence-corrected chi connectivity index (χ0v) is 33.3. The molecule has 5 aromatic rings. The number of rotatable bonds is 8. The Morgan fingerprint density at radius 1 is 0.828 bits per heavy atom. The molecule has 0 unspecified atom stereocenters. The summed E-state index contributed by atoms with van der Waals surface area (Å²) in [6, 6.07) is 14.6. The van der Waals surface area contributed by atoms with Gasteiger partial charge in [-0.2, -0.15) is 8.78 Å². The second kappa shape index (κ2) is 13.2. The summed E-state index contributed by atoms with van der Waals surface area (Å²) in [4.78, 5) is 47.4. The van der Waals surface area contributed by atoms with E-state index >= 15 is 8.78 Å². The zero-order valence-electron chi connectivity index (χ0n) is 33.3. The Hall–Kier alpha value is -5.20. The molecule has 0 radical (unpaired) electrons. The molecule has 5 aliphatic rings. The lowest BCUT2D eigenvalue weighted by molar-refractivity contribution is -0.138. The minimum atomic E-state index is -3.24. The SMILES string of the molecule is CC(C)[C@H](N)C(=O)N1CC2(C=C[C@H]1c1ncc(-c3ccc4c(c3)C(F)(F)c3cc(-c5ccc6nc([C@@H]7[C@H]8CC[C@H](C8)N7C(=O)[C@@H](N)C(C)C)[nH]c6c5)ccc3-4)[nH]1)CC2. The molecule has 6 N–H and O–H groups in total. The van der Waals surface area contributed by atoms with Gasteiger partial charge in [-0.15, -0.1) is 0 Å². The molecule has 2 aliphatic heterocycles. The fourth-order valence-electron chi connectivity index (χ4n) is 9.97. The fourth-order valence-corrected chi connectivity index (χ4v) is 9.97. The minimum Gasteiger partial charge on any atom is -0.340 e. The molecule has 58 heavy (non-hydrogen) atoms. The molecule has 3 aliphatic carbocycles. The van der Waals surface area contributed by atoms with Gasteiger partial charge in [0.1, 0.15) is 17.7 Å². The van der Waals surface area contributed by atoms with E-state index in [9.17, 15) is 9.59 Å². The molecular weight excluding hydrogens is 735 g/mol. The van der Waals surface area contributed by atoms with E-state index in [1.54, 1.807) is 30.5 Å². The van der Waals surface area contributed by atoms with E-state index in [-0.39, 0.29) is 52.3 Å². The quantitative estimate of drug-likeness (QED) is 0.117. The minimum absolute atomic E-state index is 0.0102. The third-order valence-electron chi connectivity index (χ3n) is 13.8. The van der Waals surface area contributed by atoms with Crippen molar-refractivity contribution in [3.8, 4) is 33.5 Å². The molecule has 1 saturated heterocycles. The van der Waals surface area contributed by atoms with E-state index in [0.717, 1.165) is 54.5 Å². The molecular formula is C46H50F2N8O2. The van der Waals surface area contributed by atoms with Crippen LogP contribution in [0.5, 0.6) is 0 Å². The number of nitrogens with two attached hydrogens (primary N) is 2. The van der Waals surface area contributed by atoms with Crippen LogP contribution in [0.25, 0.3) is 44.5 Å². The van der Waals surface area contributed by atoms with Crippen LogP contribution < -0.4 is 11.5 Å². The van der Waals surface area contributed by atoms with E-state index in [1.807, 2.05) is 73.9 Å². The van der Waals surface area contributed by atoms with Gasteiger partial charge >= 0.3 is 0 Å². The molecule has 1 spiro atoms. The second-order valence-electron chi connectivity index (χ2n) is 18.2. The number of benzene rings is 3. The highest BCUT2D eigenvalue weighted by atomic mass is 19.3. The first kappa shape index (κ1) is 37.1. The number of piperidine rings is 1. The Labute approximate surface area is 336 Å². The molecule has 10 nitrogen and oxygen atoms in total. The van der Waals surface area contributed by atoms with Crippen LogP contribution >= 0.6 is 0 Å². The van der Waals surface area contributed by atoms with Gasteiger partial charge in [-0.1, -0.05) is 70.2 Å². The molecule has 2 saturated carbocycles. The maximum absolute atomic E-state index is 16.5. The van der Waals surface area contributed by atoms with E-state index in [1.165, 1.54) is 0 Å². The second-order valence-corrected chi connectivity index (χ2v) is 18.2. The van der Waals surface area contributed by atoms with Crippen LogP contribution in [0.1, 0.15) is 94.7 Å². The summed E-state index contributed by atoms with van der Waals surface area (Å²) >= 11 is 0. The number of fused-ring (bicyclic) bond motifs is 6. The third-order valence-corrected chi connectivity index (χ3v) is 13.8. The number of aromatic amines is 2. The number of amides is 2. The molecule has 3 fully saturated rings. The zero-order chi connectivity index (χ0) is 40.4. The molecule has 2 amide bonds. The lowest BCUT2D eigenvalue weighted by Crippen LogP contribution is -2.50. The van der Waals surface area contributed by atoms with Gasteiger partial charge < -0.3 is 31.2 Å². The number of likely N-dealkylation sites (tertiary alicyclic amines) is 1. The van der Waals surface area contributed by atoms with Crippen molar-refractivity contribution >= 4 is 22.8 Å². The fraction of sp³-hybridized carbons (Fsp3) is 0.435. The summed E-state index contributed by atoms with van der Waals surface area (Å²) < 4.78 is 33.1. The Kier molecular flexibility index (Phi) is 8.41. The molecule has 12 heteroatoms. The van der Waals surface area contributed by atoms with Crippen molar-refractivity contribution in [2.24, 2.45) is 34.6 Å². The highest BCUT2D eigenvalue weighted by molar-refractivity contribution is 5.88. The Balaban J connectivity index is 0.919. The van der Waals surface area contributed by atoms with E-state index in [2.05, 4.69) is 21.0 Å². The number of nitrogens with zero attached hydrogens (tertiary/aromatic N) is 4. The molecule has 6 atom stereocenters. The largest absolute Gasteiger partial charge is 0.340 e. The number of alkyl halides is 2. The average Bonchev–Trinajstić information content (AvgIpc) is 3.78. The van der Waals surface area contributed by atoms with Crippen LogP contribution in [0.2, 0.25) is 0 Å². The predicted molar refractivity (Wildman–Crippen MR) is 219 cm³/mol. The van der Waals surface area contributed by atoms with Crippen LogP contribution in [0.3, 0.4) is 0 Å². The summed E-state index contributed by atoms with van der Waals surface area (Å²) in [5.74, 6) is -1.70. The first-order valence-corrected chi connectivity index (χ1v) is 20.8. The van der Waals surface area contributed by atoms with Crippen molar-refractivity contribution in [2.75, 3.05) is 6.54 Å². The third kappa shape index (κ3) is 5.77. The predicted octanol–water partition coefficient (Wildman–Crippen LogP) is 7.98. The number of hydrogen-bond donors (Lipinski definition) is 4. The van der Waals surface area contributed by atoms with Gasteiger partial charge in [0.25, 0.3) is 5.92 Å². The average molecular weight is 785 g/mol. The topological polar surface area (TPSA) is 150 Å². The number of carbonyl (C=O) groups excluding carboxylic acids is 2. The van der Waals surface area contributed by atoms with Gasteiger partial charge in [0, 0.05) is 34.7 Å². The highest BCUT2D eigenvalue weighted by Gasteiger charge is 2.51. The van der Waals surface area contributed by atoms with Crippen molar-refractivity contribution in [3.63, 3.8) is 0 Å². The van der Waals surface area contributed by atoms with Crippen LogP contribution in [0.15, 0.2) is 72.9 Å². The van der Waals surface area contributed by atoms with Gasteiger partial charge in [0.05, 0.1) is 41.0 Å².